The molecule has 0 unspecified atom stereocenters. The van der Waals surface area contributed by atoms with Crippen LogP contribution in [0.2, 0.25) is 0 Å². The largest absolute Gasteiger partial charge is 0.205 e. The molecular weight excluding hydrogens is 412 g/mol. The molecule has 0 N–H and O–H groups in total. The lowest BCUT2D eigenvalue weighted by atomic mass is 9.76. The lowest BCUT2D eigenvalue weighted by Crippen LogP contribution is -2.14. The van der Waals surface area contributed by atoms with Gasteiger partial charge in [0.25, 0.3) is 0 Å². The van der Waals surface area contributed by atoms with Crippen molar-refractivity contribution in [3.8, 4) is 6.07 Å². The van der Waals surface area contributed by atoms with Crippen LogP contribution in [0.5, 0.6) is 0 Å². The number of nitrogens with zero attached hydrogens (tertiary/aromatic N) is 1. The normalized spacial score (nSPS) is 19.2. The molecule has 0 bridgehead atoms. The van der Waals surface area contributed by atoms with Crippen molar-refractivity contribution in [1.82, 2.24) is 0 Å². The van der Waals surface area contributed by atoms with Crippen LogP contribution < -0.4 is 0 Å². The number of aryl methyl sites for hydroxylation is 1. The van der Waals surface area contributed by atoms with Gasteiger partial charge in [-0.15, -0.1) is 0 Å². The first-order valence-electron chi connectivity index (χ1n) is 13.0. The minimum Gasteiger partial charge on any atom is -0.205 e. The van der Waals surface area contributed by atoms with Gasteiger partial charge < -0.3 is 0 Å². The van der Waals surface area contributed by atoms with Crippen molar-refractivity contribution in [3.63, 3.8) is 0 Å². The van der Waals surface area contributed by atoms with Gasteiger partial charge in [-0.25, -0.2) is 8.78 Å². The third-order valence-electron chi connectivity index (χ3n) is 7.49. The maximum absolute atomic E-state index is 13.8. The standard InChI is InChI=1S/C30H39F2N/c1-3-4-5-6-7-22(2)18-24-12-16-27(17-13-24)26-14-10-23(11-15-26)8-9-25-19-29(31)28(21-33)30(32)20-25/h12-13,16-17,19-20,22-23,26H,3-11,14-15,18H2,1-2H3/t22-,23?,26?/m0/s1. The van der Waals surface area contributed by atoms with Crippen molar-refractivity contribution < 1.29 is 8.78 Å². The summed E-state index contributed by atoms with van der Waals surface area (Å²) in [4.78, 5) is 0. The number of nitriles is 1. The number of unbranched alkanes of at least 4 members (excludes halogenated alkanes) is 3. The van der Waals surface area contributed by atoms with Gasteiger partial charge in [0, 0.05) is 0 Å². The molecule has 0 radical (unpaired) electrons. The van der Waals surface area contributed by atoms with Crippen LogP contribution in [0.1, 0.15) is 106 Å². The third kappa shape index (κ3) is 7.66. The minimum absolute atomic E-state index is 0.480. The average Bonchev–Trinajstić information content (AvgIpc) is 2.81. The molecule has 1 fully saturated rings. The zero-order valence-electron chi connectivity index (χ0n) is 20.4. The lowest BCUT2D eigenvalue weighted by molar-refractivity contribution is 0.310. The zero-order chi connectivity index (χ0) is 23.6. The Kier molecular flexibility index (Phi) is 9.92. The highest BCUT2D eigenvalue weighted by Gasteiger charge is 2.22. The van der Waals surface area contributed by atoms with E-state index in [0.717, 1.165) is 12.3 Å². The predicted octanol–water partition coefficient (Wildman–Crippen LogP) is 8.89. The number of hydrogen-bond acceptors (Lipinski definition) is 1. The van der Waals surface area contributed by atoms with E-state index in [-0.39, 0.29) is 0 Å². The van der Waals surface area contributed by atoms with Crippen LogP contribution in [-0.2, 0) is 12.8 Å². The molecule has 0 heterocycles. The van der Waals surface area contributed by atoms with Gasteiger partial charge >= 0.3 is 0 Å². The van der Waals surface area contributed by atoms with Gasteiger partial charge in [-0.3, -0.25) is 0 Å². The highest BCUT2D eigenvalue weighted by atomic mass is 19.1. The van der Waals surface area contributed by atoms with E-state index in [2.05, 4.69) is 38.1 Å². The molecule has 3 heteroatoms. The Balaban J connectivity index is 1.42. The molecule has 2 aromatic rings. The molecule has 1 saturated carbocycles. The molecular formula is C30H39F2N. The summed E-state index contributed by atoms with van der Waals surface area (Å²) < 4.78 is 27.7. The van der Waals surface area contributed by atoms with E-state index in [9.17, 15) is 8.78 Å². The Morgan fingerprint density at radius 3 is 2.21 bits per heavy atom. The summed E-state index contributed by atoms with van der Waals surface area (Å²) in [5.41, 5.74) is 3.09. The molecule has 3 rings (SSSR count). The van der Waals surface area contributed by atoms with Gasteiger partial charge in [-0.2, -0.15) is 5.26 Å². The molecule has 1 nitrogen and oxygen atoms in total. The van der Waals surface area contributed by atoms with Gasteiger partial charge in [0.15, 0.2) is 0 Å². The van der Waals surface area contributed by atoms with Gasteiger partial charge in [-0.1, -0.05) is 70.2 Å². The maximum atomic E-state index is 13.8. The first kappa shape index (κ1) is 25.4. The molecule has 1 aliphatic carbocycles. The summed E-state index contributed by atoms with van der Waals surface area (Å²) in [6.45, 7) is 4.64. The number of benzene rings is 2. The molecule has 0 saturated heterocycles. The van der Waals surface area contributed by atoms with Gasteiger partial charge in [-0.05, 0) is 91.5 Å². The maximum Gasteiger partial charge on any atom is 0.144 e. The highest BCUT2D eigenvalue weighted by molar-refractivity contribution is 5.35. The fourth-order valence-corrected chi connectivity index (χ4v) is 5.38. The van der Waals surface area contributed by atoms with Crippen LogP contribution in [-0.4, -0.2) is 0 Å². The van der Waals surface area contributed by atoms with E-state index < -0.39 is 17.2 Å². The minimum atomic E-state index is -0.745. The van der Waals surface area contributed by atoms with Crippen molar-refractivity contribution in [3.05, 3.63) is 70.3 Å². The summed E-state index contributed by atoms with van der Waals surface area (Å²) in [6.07, 6.45) is 14.2. The van der Waals surface area contributed by atoms with Crippen LogP contribution in [0.25, 0.3) is 0 Å². The molecule has 0 aliphatic heterocycles. The smallest absolute Gasteiger partial charge is 0.144 e. The quantitative estimate of drug-likeness (QED) is 0.313. The van der Waals surface area contributed by atoms with E-state index >= 15 is 0 Å². The van der Waals surface area contributed by atoms with Gasteiger partial charge in [0.05, 0.1) is 0 Å². The summed E-state index contributed by atoms with van der Waals surface area (Å²) in [6, 6.07) is 13.6. The molecule has 0 aromatic heterocycles. The molecule has 1 atom stereocenters. The molecule has 33 heavy (non-hydrogen) atoms. The Morgan fingerprint density at radius 1 is 0.939 bits per heavy atom. The van der Waals surface area contributed by atoms with Gasteiger partial charge in [0.1, 0.15) is 23.3 Å². The van der Waals surface area contributed by atoms with E-state index in [4.69, 9.17) is 5.26 Å². The molecule has 0 spiro atoms. The monoisotopic (exact) mass is 451 g/mol. The summed E-state index contributed by atoms with van der Waals surface area (Å²) in [7, 11) is 0. The lowest BCUT2D eigenvalue weighted by Gasteiger charge is -2.29. The van der Waals surface area contributed by atoms with E-state index in [1.165, 1.54) is 87.5 Å². The topological polar surface area (TPSA) is 23.8 Å². The molecule has 1 aliphatic rings. The average molecular weight is 452 g/mol. The van der Waals surface area contributed by atoms with Crippen molar-refractivity contribution in [2.45, 2.75) is 96.8 Å². The third-order valence-corrected chi connectivity index (χ3v) is 7.49. The Hall–Kier alpha value is -2.21. The zero-order valence-corrected chi connectivity index (χ0v) is 20.4. The van der Waals surface area contributed by atoms with Crippen LogP contribution in [0.4, 0.5) is 8.78 Å². The van der Waals surface area contributed by atoms with Crippen molar-refractivity contribution in [1.29, 1.82) is 5.26 Å². The van der Waals surface area contributed by atoms with Crippen molar-refractivity contribution in [2.24, 2.45) is 11.8 Å². The summed E-state index contributed by atoms with van der Waals surface area (Å²) >= 11 is 0. The first-order valence-corrected chi connectivity index (χ1v) is 13.0. The number of rotatable bonds is 11. The van der Waals surface area contributed by atoms with Crippen LogP contribution >= 0.6 is 0 Å². The van der Waals surface area contributed by atoms with Crippen LogP contribution in [0.15, 0.2) is 36.4 Å². The Labute approximate surface area is 199 Å². The molecule has 0 amide bonds. The second kappa shape index (κ2) is 12.9. The summed E-state index contributed by atoms with van der Waals surface area (Å²) in [5, 5.41) is 8.81. The van der Waals surface area contributed by atoms with Crippen molar-refractivity contribution in [2.75, 3.05) is 0 Å². The van der Waals surface area contributed by atoms with E-state index in [1.807, 2.05) is 0 Å². The number of hydrogen-bond donors (Lipinski definition) is 0. The number of halogens is 2. The van der Waals surface area contributed by atoms with Crippen LogP contribution in [0, 0.1) is 34.8 Å². The highest BCUT2D eigenvalue weighted by Crippen LogP contribution is 2.37. The Bertz CT molecular complexity index is 881. The first-order chi connectivity index (χ1) is 16.0. The predicted molar refractivity (Wildman–Crippen MR) is 132 cm³/mol. The molecule has 178 valence electrons. The fraction of sp³-hybridized carbons (Fsp3) is 0.567. The molecule has 2 aromatic carbocycles. The Morgan fingerprint density at radius 2 is 1.61 bits per heavy atom. The summed E-state index contributed by atoms with van der Waals surface area (Å²) in [5.74, 6) is 0.500. The fourth-order valence-electron chi connectivity index (χ4n) is 5.38. The van der Waals surface area contributed by atoms with E-state index in [0.29, 0.717) is 23.8 Å². The van der Waals surface area contributed by atoms with Gasteiger partial charge in [0.2, 0.25) is 0 Å². The SMILES string of the molecule is CCCCCC[C@H](C)Cc1ccc(C2CCC(CCc3cc(F)c(C#N)c(F)c3)CC2)cc1. The van der Waals surface area contributed by atoms with Crippen molar-refractivity contribution >= 4 is 0 Å². The second-order valence-corrected chi connectivity index (χ2v) is 10.2. The second-order valence-electron chi connectivity index (χ2n) is 10.2. The van der Waals surface area contributed by atoms with E-state index in [1.54, 1.807) is 6.07 Å². The van der Waals surface area contributed by atoms with Crippen LogP contribution in [0.3, 0.4) is 0 Å².